The molecule has 7 heteroatoms. The van der Waals surface area contributed by atoms with Gasteiger partial charge < -0.3 is 16.2 Å². The van der Waals surface area contributed by atoms with Gasteiger partial charge in [0.1, 0.15) is 5.69 Å². The average molecular weight is 267 g/mol. The first kappa shape index (κ1) is 15.2. The zero-order valence-electron chi connectivity index (χ0n) is 11.5. The van der Waals surface area contributed by atoms with Crippen LogP contribution in [-0.4, -0.2) is 38.8 Å². The molecule has 2 amide bonds. The minimum atomic E-state index is -1.02. The van der Waals surface area contributed by atoms with Crippen molar-refractivity contribution in [2.24, 2.45) is 5.73 Å². The smallest absolute Gasteiger partial charge is 0.270 e. The zero-order chi connectivity index (χ0) is 14.8. The van der Waals surface area contributed by atoms with Crippen LogP contribution in [0.15, 0.2) is 0 Å². The van der Waals surface area contributed by atoms with Crippen molar-refractivity contribution in [3.63, 3.8) is 0 Å². The standard InChI is InChI=1S/C12H19N4O3/c1-7(2)16-9(5-8(15-16)10(13)17)11(18)14-6-12(3,4)19/h7,19H,6H2,1-4H3,(H2,13,17)(H,14,18). The van der Waals surface area contributed by atoms with Crippen LogP contribution < -0.4 is 11.1 Å². The Kier molecular flexibility index (Phi) is 4.31. The first-order valence-electron chi connectivity index (χ1n) is 5.94. The molecule has 0 aliphatic rings. The van der Waals surface area contributed by atoms with E-state index in [1.807, 2.05) is 13.8 Å². The summed E-state index contributed by atoms with van der Waals surface area (Å²) in [6, 6.07) is 2.46. The third-order valence-electron chi connectivity index (χ3n) is 2.29. The van der Waals surface area contributed by atoms with Crippen LogP contribution >= 0.6 is 0 Å². The van der Waals surface area contributed by atoms with Crippen molar-refractivity contribution in [1.82, 2.24) is 15.1 Å². The molecule has 0 spiro atoms. The summed E-state index contributed by atoms with van der Waals surface area (Å²) in [5.74, 6) is -1.20. The number of nitrogens with zero attached hydrogens (tertiary/aromatic N) is 2. The fourth-order valence-electron chi connectivity index (χ4n) is 1.38. The van der Waals surface area contributed by atoms with Gasteiger partial charge in [0, 0.05) is 12.6 Å². The van der Waals surface area contributed by atoms with Crippen molar-refractivity contribution in [2.45, 2.75) is 39.3 Å². The molecule has 1 aromatic heterocycles. The molecule has 0 aromatic carbocycles. The lowest BCUT2D eigenvalue weighted by Crippen LogP contribution is -2.39. The van der Waals surface area contributed by atoms with Gasteiger partial charge in [-0.1, -0.05) is 0 Å². The van der Waals surface area contributed by atoms with Crippen LogP contribution in [0.4, 0.5) is 0 Å². The number of amides is 2. The minimum Gasteiger partial charge on any atom is -0.389 e. The van der Waals surface area contributed by atoms with Crippen LogP contribution in [0.2, 0.25) is 0 Å². The third-order valence-corrected chi connectivity index (χ3v) is 2.29. The SMILES string of the molecule is CC(C)n1nc(C(N)=O)[c]c1C(=O)NCC(C)(C)O. The molecule has 0 saturated carbocycles. The minimum absolute atomic E-state index is 0.0782. The molecule has 1 aromatic rings. The molecule has 1 rings (SSSR count). The van der Waals surface area contributed by atoms with Crippen molar-refractivity contribution in [3.8, 4) is 0 Å². The summed E-state index contributed by atoms with van der Waals surface area (Å²) in [5, 5.41) is 16.1. The van der Waals surface area contributed by atoms with Gasteiger partial charge in [0.15, 0.2) is 5.69 Å². The Morgan fingerprint density at radius 3 is 2.53 bits per heavy atom. The number of carbonyl (C=O) groups excluding carboxylic acids is 2. The first-order valence-corrected chi connectivity index (χ1v) is 5.94. The number of aliphatic hydroxyl groups is 1. The lowest BCUT2D eigenvalue weighted by atomic mass is 10.1. The number of rotatable bonds is 5. The summed E-state index contributed by atoms with van der Waals surface area (Å²) in [6.07, 6.45) is 0. The predicted octanol–water partition coefficient (Wildman–Crippen LogP) is -0.136. The van der Waals surface area contributed by atoms with Crippen LogP contribution in [0.25, 0.3) is 0 Å². The predicted molar refractivity (Wildman–Crippen MR) is 68.6 cm³/mol. The molecule has 0 unspecified atom stereocenters. The number of hydrogen-bond donors (Lipinski definition) is 3. The van der Waals surface area contributed by atoms with Gasteiger partial charge in [0.25, 0.3) is 11.8 Å². The fraction of sp³-hybridized carbons (Fsp3) is 0.583. The van der Waals surface area contributed by atoms with E-state index in [2.05, 4.69) is 16.5 Å². The Labute approximate surface area is 111 Å². The van der Waals surface area contributed by atoms with Gasteiger partial charge in [-0.2, -0.15) is 5.10 Å². The average Bonchev–Trinajstić information content (AvgIpc) is 2.69. The highest BCUT2D eigenvalue weighted by molar-refractivity contribution is 5.96. The highest BCUT2D eigenvalue weighted by Gasteiger charge is 2.22. The monoisotopic (exact) mass is 267 g/mol. The maximum atomic E-state index is 12.0. The molecule has 0 saturated heterocycles. The Morgan fingerprint density at radius 1 is 1.53 bits per heavy atom. The number of hydrogen-bond acceptors (Lipinski definition) is 4. The van der Waals surface area contributed by atoms with E-state index in [4.69, 9.17) is 5.73 Å². The summed E-state index contributed by atoms with van der Waals surface area (Å²) < 4.78 is 1.37. The number of nitrogens with two attached hydrogens (primary N) is 1. The summed E-state index contributed by atoms with van der Waals surface area (Å²) in [7, 11) is 0. The number of aromatic nitrogens is 2. The maximum Gasteiger partial charge on any atom is 0.270 e. The largest absolute Gasteiger partial charge is 0.389 e. The molecule has 105 valence electrons. The fourth-order valence-corrected chi connectivity index (χ4v) is 1.38. The van der Waals surface area contributed by atoms with Gasteiger partial charge in [-0.05, 0) is 27.7 Å². The van der Waals surface area contributed by atoms with Crippen LogP contribution in [0.3, 0.4) is 0 Å². The van der Waals surface area contributed by atoms with Gasteiger partial charge >= 0.3 is 0 Å². The first-order chi connectivity index (χ1) is 8.61. The van der Waals surface area contributed by atoms with Gasteiger partial charge in [-0.15, -0.1) is 0 Å². The van der Waals surface area contributed by atoms with Crippen LogP contribution in [0, 0.1) is 6.07 Å². The van der Waals surface area contributed by atoms with Crippen molar-refractivity contribution in [3.05, 3.63) is 17.5 Å². The Bertz CT molecular complexity index is 486. The zero-order valence-corrected chi connectivity index (χ0v) is 11.5. The molecular weight excluding hydrogens is 248 g/mol. The summed E-state index contributed by atoms with van der Waals surface area (Å²) >= 11 is 0. The lowest BCUT2D eigenvalue weighted by Gasteiger charge is -2.18. The Morgan fingerprint density at radius 2 is 2.11 bits per heavy atom. The molecule has 0 bridgehead atoms. The van der Waals surface area contributed by atoms with Crippen molar-refractivity contribution < 1.29 is 14.7 Å². The molecule has 7 nitrogen and oxygen atoms in total. The Hall–Kier alpha value is -1.89. The third kappa shape index (κ3) is 4.06. The number of carbonyl (C=O) groups is 2. The maximum absolute atomic E-state index is 12.0. The normalized spacial score (nSPS) is 11.7. The molecule has 19 heavy (non-hydrogen) atoms. The van der Waals surface area contributed by atoms with Gasteiger partial charge in [-0.3, -0.25) is 14.3 Å². The van der Waals surface area contributed by atoms with E-state index in [-0.39, 0.29) is 24.0 Å². The van der Waals surface area contributed by atoms with E-state index in [1.54, 1.807) is 13.8 Å². The second kappa shape index (κ2) is 5.40. The summed E-state index contributed by atoms with van der Waals surface area (Å²) in [4.78, 5) is 23.1. The molecule has 0 fully saturated rings. The Balaban J connectivity index is 2.98. The summed E-state index contributed by atoms with van der Waals surface area (Å²) in [6.45, 7) is 6.86. The van der Waals surface area contributed by atoms with Gasteiger partial charge in [0.2, 0.25) is 0 Å². The number of nitrogens with one attached hydrogen (secondary N) is 1. The van der Waals surface area contributed by atoms with Crippen molar-refractivity contribution >= 4 is 11.8 Å². The topological polar surface area (TPSA) is 110 Å². The number of primary amides is 1. The molecule has 1 radical (unpaired) electrons. The van der Waals surface area contributed by atoms with Gasteiger partial charge in [-0.25, -0.2) is 0 Å². The second-order valence-corrected chi connectivity index (χ2v) is 5.22. The van der Waals surface area contributed by atoms with Crippen LogP contribution in [-0.2, 0) is 0 Å². The highest BCUT2D eigenvalue weighted by Crippen LogP contribution is 2.11. The molecule has 4 N–H and O–H groups in total. The van der Waals surface area contributed by atoms with Crippen LogP contribution in [0.1, 0.15) is 54.7 Å². The van der Waals surface area contributed by atoms with Crippen molar-refractivity contribution in [2.75, 3.05) is 6.54 Å². The highest BCUT2D eigenvalue weighted by atomic mass is 16.3. The van der Waals surface area contributed by atoms with E-state index in [0.29, 0.717) is 0 Å². The molecule has 0 atom stereocenters. The lowest BCUT2D eigenvalue weighted by molar-refractivity contribution is 0.0688. The molecule has 0 aliphatic heterocycles. The van der Waals surface area contributed by atoms with E-state index < -0.39 is 17.4 Å². The second-order valence-electron chi connectivity index (χ2n) is 5.22. The molecular formula is C12H19N4O3. The van der Waals surface area contributed by atoms with E-state index in [9.17, 15) is 14.7 Å². The van der Waals surface area contributed by atoms with E-state index in [0.717, 1.165) is 0 Å². The van der Waals surface area contributed by atoms with Gasteiger partial charge in [0.05, 0.1) is 11.7 Å². The van der Waals surface area contributed by atoms with Crippen LogP contribution in [0.5, 0.6) is 0 Å². The van der Waals surface area contributed by atoms with Crippen molar-refractivity contribution in [1.29, 1.82) is 0 Å². The van der Waals surface area contributed by atoms with E-state index >= 15 is 0 Å². The summed E-state index contributed by atoms with van der Waals surface area (Å²) in [5.41, 5.74) is 4.14. The quantitative estimate of drug-likeness (QED) is 0.689. The molecule has 1 heterocycles. The molecule has 0 aliphatic carbocycles. The van der Waals surface area contributed by atoms with E-state index in [1.165, 1.54) is 4.68 Å².